The SMILES string of the molecule is O=C(O)[C@H](Cc1cc(Br)c(O)c(Br)c1)c1ccccc1. The van der Waals surface area contributed by atoms with Crippen molar-refractivity contribution in [3.63, 3.8) is 0 Å². The number of carboxylic acids is 1. The highest BCUT2D eigenvalue weighted by atomic mass is 79.9. The van der Waals surface area contributed by atoms with E-state index in [0.717, 1.165) is 11.1 Å². The first-order chi connectivity index (χ1) is 9.49. The average molecular weight is 400 g/mol. The van der Waals surface area contributed by atoms with Crippen LogP contribution in [0.15, 0.2) is 51.4 Å². The number of hydrogen-bond acceptors (Lipinski definition) is 2. The fourth-order valence-electron chi connectivity index (χ4n) is 2.00. The molecule has 0 saturated carbocycles. The van der Waals surface area contributed by atoms with E-state index in [9.17, 15) is 15.0 Å². The summed E-state index contributed by atoms with van der Waals surface area (Å²) in [6, 6.07) is 12.6. The third-order valence-corrected chi connectivity index (χ3v) is 4.23. The molecule has 0 radical (unpaired) electrons. The number of phenolic OH excluding ortho intramolecular Hbond substituents is 1. The summed E-state index contributed by atoms with van der Waals surface area (Å²) in [5.41, 5.74) is 1.60. The maximum atomic E-state index is 11.5. The van der Waals surface area contributed by atoms with Crippen molar-refractivity contribution in [3.8, 4) is 5.75 Å². The molecule has 0 unspecified atom stereocenters. The van der Waals surface area contributed by atoms with E-state index in [4.69, 9.17) is 0 Å². The molecule has 5 heteroatoms. The Morgan fingerprint density at radius 1 is 1.10 bits per heavy atom. The van der Waals surface area contributed by atoms with Gasteiger partial charge in [-0.1, -0.05) is 30.3 Å². The number of rotatable bonds is 4. The van der Waals surface area contributed by atoms with Crippen LogP contribution in [0.25, 0.3) is 0 Å². The van der Waals surface area contributed by atoms with Gasteiger partial charge in [0.2, 0.25) is 0 Å². The van der Waals surface area contributed by atoms with E-state index in [0.29, 0.717) is 15.4 Å². The van der Waals surface area contributed by atoms with Gasteiger partial charge in [-0.3, -0.25) is 4.79 Å². The topological polar surface area (TPSA) is 57.5 Å². The van der Waals surface area contributed by atoms with Crippen molar-refractivity contribution in [2.75, 3.05) is 0 Å². The van der Waals surface area contributed by atoms with Gasteiger partial charge in [-0.15, -0.1) is 0 Å². The van der Waals surface area contributed by atoms with E-state index in [1.165, 1.54) is 0 Å². The molecule has 0 fully saturated rings. The second kappa shape index (κ2) is 6.41. The molecule has 3 nitrogen and oxygen atoms in total. The molecular formula is C15H12Br2O3. The summed E-state index contributed by atoms with van der Waals surface area (Å²) in [4.78, 5) is 11.5. The van der Waals surface area contributed by atoms with Crippen LogP contribution in [-0.2, 0) is 11.2 Å². The second-order valence-electron chi connectivity index (χ2n) is 4.41. The fraction of sp³-hybridized carbons (Fsp3) is 0.133. The summed E-state index contributed by atoms with van der Waals surface area (Å²) in [5, 5.41) is 19.1. The zero-order valence-electron chi connectivity index (χ0n) is 10.4. The number of hydrogen-bond donors (Lipinski definition) is 2. The number of benzene rings is 2. The van der Waals surface area contributed by atoms with Crippen molar-refractivity contribution >= 4 is 37.8 Å². The maximum Gasteiger partial charge on any atom is 0.311 e. The third kappa shape index (κ3) is 3.41. The molecule has 0 saturated heterocycles. The molecular weight excluding hydrogens is 388 g/mol. The lowest BCUT2D eigenvalue weighted by atomic mass is 9.92. The van der Waals surface area contributed by atoms with E-state index in [-0.39, 0.29) is 5.75 Å². The first-order valence-corrected chi connectivity index (χ1v) is 7.52. The molecule has 0 aliphatic heterocycles. The van der Waals surface area contributed by atoms with Gasteiger partial charge in [0.05, 0.1) is 14.9 Å². The summed E-state index contributed by atoms with van der Waals surface area (Å²) in [7, 11) is 0. The molecule has 1 atom stereocenters. The zero-order valence-corrected chi connectivity index (χ0v) is 13.6. The van der Waals surface area contributed by atoms with Gasteiger partial charge >= 0.3 is 5.97 Å². The molecule has 2 rings (SSSR count). The van der Waals surface area contributed by atoms with E-state index >= 15 is 0 Å². The Kier molecular flexibility index (Phi) is 4.83. The van der Waals surface area contributed by atoms with Gasteiger partial charge < -0.3 is 10.2 Å². The van der Waals surface area contributed by atoms with Crippen LogP contribution in [0.3, 0.4) is 0 Å². The van der Waals surface area contributed by atoms with Crippen LogP contribution in [0.5, 0.6) is 5.75 Å². The van der Waals surface area contributed by atoms with Gasteiger partial charge in [-0.2, -0.15) is 0 Å². The van der Waals surface area contributed by atoms with Crippen molar-refractivity contribution in [2.24, 2.45) is 0 Å². The van der Waals surface area contributed by atoms with E-state index in [1.807, 2.05) is 30.3 Å². The van der Waals surface area contributed by atoms with Crippen LogP contribution in [0.4, 0.5) is 0 Å². The molecule has 2 aromatic carbocycles. The highest BCUT2D eigenvalue weighted by molar-refractivity contribution is 9.11. The molecule has 0 aliphatic carbocycles. The molecule has 104 valence electrons. The number of aliphatic carboxylic acids is 1. The van der Waals surface area contributed by atoms with Crippen LogP contribution in [0, 0.1) is 0 Å². The van der Waals surface area contributed by atoms with Crippen LogP contribution in [0.1, 0.15) is 17.0 Å². The lowest BCUT2D eigenvalue weighted by Gasteiger charge is -2.14. The van der Waals surface area contributed by atoms with Gasteiger partial charge in [0, 0.05) is 0 Å². The van der Waals surface area contributed by atoms with Crippen LogP contribution >= 0.6 is 31.9 Å². The number of halogens is 2. The molecule has 20 heavy (non-hydrogen) atoms. The van der Waals surface area contributed by atoms with E-state index in [1.54, 1.807) is 12.1 Å². The minimum atomic E-state index is -0.864. The van der Waals surface area contributed by atoms with E-state index in [2.05, 4.69) is 31.9 Å². The molecule has 0 bridgehead atoms. The van der Waals surface area contributed by atoms with E-state index < -0.39 is 11.9 Å². The van der Waals surface area contributed by atoms with Gasteiger partial charge in [0.25, 0.3) is 0 Å². The van der Waals surface area contributed by atoms with Gasteiger partial charge in [-0.25, -0.2) is 0 Å². The summed E-state index contributed by atoms with van der Waals surface area (Å²) >= 11 is 6.51. The normalized spacial score (nSPS) is 12.1. The Morgan fingerprint density at radius 3 is 2.15 bits per heavy atom. The predicted octanol–water partition coefficient (Wildman–Crippen LogP) is 4.33. The number of carboxylic acid groups (broad SMARTS) is 1. The first-order valence-electron chi connectivity index (χ1n) is 5.93. The number of aromatic hydroxyl groups is 1. The van der Waals surface area contributed by atoms with Crippen molar-refractivity contribution in [1.82, 2.24) is 0 Å². The third-order valence-electron chi connectivity index (χ3n) is 3.02. The summed E-state index contributed by atoms with van der Waals surface area (Å²) in [5.74, 6) is -1.36. The van der Waals surface area contributed by atoms with Crippen molar-refractivity contribution in [1.29, 1.82) is 0 Å². The van der Waals surface area contributed by atoms with Crippen molar-refractivity contribution in [3.05, 3.63) is 62.5 Å². The largest absolute Gasteiger partial charge is 0.506 e. The zero-order chi connectivity index (χ0) is 14.7. The molecule has 0 heterocycles. The Bertz CT molecular complexity index is 603. The molecule has 2 aromatic rings. The highest BCUT2D eigenvalue weighted by Crippen LogP contribution is 2.34. The minimum Gasteiger partial charge on any atom is -0.506 e. The lowest BCUT2D eigenvalue weighted by Crippen LogP contribution is -2.14. The average Bonchev–Trinajstić information content (AvgIpc) is 2.42. The van der Waals surface area contributed by atoms with Crippen LogP contribution in [0.2, 0.25) is 0 Å². The van der Waals surface area contributed by atoms with Crippen LogP contribution in [-0.4, -0.2) is 16.2 Å². The Labute approximate surface area is 133 Å². The molecule has 0 amide bonds. The standard InChI is InChI=1S/C15H12Br2O3/c16-12-7-9(8-13(17)14(12)18)6-11(15(19)20)10-4-2-1-3-5-10/h1-5,7-8,11,18H,6H2,(H,19,20)/t11-/m1/s1. The quantitative estimate of drug-likeness (QED) is 0.804. The summed E-state index contributed by atoms with van der Waals surface area (Å²) in [6.45, 7) is 0. The highest BCUT2D eigenvalue weighted by Gasteiger charge is 2.21. The predicted molar refractivity (Wildman–Crippen MR) is 84.0 cm³/mol. The summed E-state index contributed by atoms with van der Waals surface area (Å²) < 4.78 is 1.08. The molecule has 0 aliphatic rings. The number of carbonyl (C=O) groups is 1. The fourth-order valence-corrected chi connectivity index (χ4v) is 3.29. The van der Waals surface area contributed by atoms with Crippen LogP contribution < -0.4 is 0 Å². The molecule has 2 N–H and O–H groups in total. The second-order valence-corrected chi connectivity index (χ2v) is 6.12. The Balaban J connectivity index is 2.32. The Morgan fingerprint density at radius 2 is 1.65 bits per heavy atom. The Hall–Kier alpha value is -1.33. The first kappa shape index (κ1) is 15.1. The minimum absolute atomic E-state index is 0.111. The summed E-state index contributed by atoms with van der Waals surface area (Å²) in [6.07, 6.45) is 0.358. The number of phenols is 1. The van der Waals surface area contributed by atoms with Crippen molar-refractivity contribution in [2.45, 2.75) is 12.3 Å². The molecule has 0 aromatic heterocycles. The maximum absolute atomic E-state index is 11.5. The smallest absolute Gasteiger partial charge is 0.311 e. The molecule has 0 spiro atoms. The lowest BCUT2D eigenvalue weighted by molar-refractivity contribution is -0.138. The van der Waals surface area contributed by atoms with Crippen molar-refractivity contribution < 1.29 is 15.0 Å². The van der Waals surface area contributed by atoms with Gasteiger partial charge in [0.15, 0.2) is 0 Å². The monoisotopic (exact) mass is 398 g/mol. The van der Waals surface area contributed by atoms with Gasteiger partial charge in [-0.05, 0) is 61.5 Å². The van der Waals surface area contributed by atoms with Gasteiger partial charge in [0.1, 0.15) is 5.75 Å².